The van der Waals surface area contributed by atoms with Crippen LogP contribution in [0.1, 0.15) is 6.92 Å². The molecule has 0 radical (unpaired) electrons. The van der Waals surface area contributed by atoms with Gasteiger partial charge in [-0.25, -0.2) is 4.79 Å². The van der Waals surface area contributed by atoms with Crippen LogP contribution in [0.2, 0.25) is 5.02 Å². The van der Waals surface area contributed by atoms with Crippen molar-refractivity contribution in [3.63, 3.8) is 0 Å². The Bertz CT molecular complexity index is 398. The molecule has 1 aromatic carbocycles. The molecule has 0 saturated carbocycles. The van der Waals surface area contributed by atoms with Crippen molar-refractivity contribution in [3.8, 4) is 12.3 Å². The van der Waals surface area contributed by atoms with Crippen molar-refractivity contribution in [3.05, 3.63) is 29.3 Å². The highest BCUT2D eigenvalue weighted by Gasteiger charge is 2.04. The molecule has 0 aliphatic heterocycles. The molecule has 3 nitrogen and oxygen atoms in total. The SMILES string of the molecule is C#CC(C)NC(=O)Nc1cccc(Cl)c1. The van der Waals surface area contributed by atoms with Gasteiger partial charge < -0.3 is 10.6 Å². The minimum Gasteiger partial charge on any atom is -0.325 e. The maximum Gasteiger partial charge on any atom is 0.320 e. The summed E-state index contributed by atoms with van der Waals surface area (Å²) in [5.74, 6) is 2.39. The molecule has 0 aliphatic rings. The highest BCUT2D eigenvalue weighted by atomic mass is 35.5. The first-order valence-electron chi connectivity index (χ1n) is 4.41. The summed E-state index contributed by atoms with van der Waals surface area (Å²) in [5, 5.41) is 5.75. The van der Waals surface area contributed by atoms with Crippen molar-refractivity contribution in [1.82, 2.24) is 5.32 Å². The molecule has 4 heteroatoms. The average molecular weight is 223 g/mol. The third kappa shape index (κ3) is 3.92. The molecular formula is C11H11ClN2O. The minimum atomic E-state index is -0.345. The molecular weight excluding hydrogens is 212 g/mol. The number of benzene rings is 1. The molecule has 0 heterocycles. The van der Waals surface area contributed by atoms with Crippen molar-refractivity contribution in [2.45, 2.75) is 13.0 Å². The van der Waals surface area contributed by atoms with Crippen LogP contribution in [0.15, 0.2) is 24.3 Å². The normalized spacial score (nSPS) is 11.3. The first-order chi connectivity index (χ1) is 7.11. The highest BCUT2D eigenvalue weighted by molar-refractivity contribution is 6.30. The lowest BCUT2D eigenvalue weighted by Crippen LogP contribution is -2.35. The van der Waals surface area contributed by atoms with Gasteiger partial charge in [-0.3, -0.25) is 0 Å². The number of hydrogen-bond acceptors (Lipinski definition) is 1. The van der Waals surface area contributed by atoms with E-state index in [0.29, 0.717) is 10.7 Å². The maximum atomic E-state index is 11.3. The van der Waals surface area contributed by atoms with Crippen LogP contribution in [0.25, 0.3) is 0 Å². The standard InChI is InChI=1S/C11H11ClN2O/c1-3-8(2)13-11(15)14-10-6-4-5-9(12)7-10/h1,4-8H,2H3,(H2,13,14,15). The predicted molar refractivity (Wildman–Crippen MR) is 61.9 cm³/mol. The molecule has 15 heavy (non-hydrogen) atoms. The summed E-state index contributed by atoms with van der Waals surface area (Å²) in [6.07, 6.45) is 5.12. The zero-order valence-electron chi connectivity index (χ0n) is 8.25. The van der Waals surface area contributed by atoms with E-state index in [4.69, 9.17) is 18.0 Å². The summed E-state index contributed by atoms with van der Waals surface area (Å²) in [6.45, 7) is 1.72. The van der Waals surface area contributed by atoms with E-state index in [1.807, 2.05) is 0 Å². The number of carbonyl (C=O) groups is 1. The lowest BCUT2D eigenvalue weighted by molar-refractivity contribution is 0.251. The zero-order chi connectivity index (χ0) is 11.3. The molecule has 0 aromatic heterocycles. The summed E-state index contributed by atoms with van der Waals surface area (Å²) in [7, 11) is 0. The van der Waals surface area contributed by atoms with Gasteiger partial charge in [-0.1, -0.05) is 23.6 Å². The van der Waals surface area contributed by atoms with Gasteiger partial charge in [-0.15, -0.1) is 6.42 Å². The third-order valence-corrected chi connectivity index (χ3v) is 1.92. The van der Waals surface area contributed by atoms with Gasteiger partial charge in [-0.2, -0.15) is 0 Å². The lowest BCUT2D eigenvalue weighted by atomic mass is 10.3. The van der Waals surface area contributed by atoms with Crippen LogP contribution >= 0.6 is 11.6 Å². The van der Waals surface area contributed by atoms with Crippen LogP contribution in [-0.2, 0) is 0 Å². The molecule has 1 aromatic rings. The second kappa shape index (κ2) is 5.28. The molecule has 2 N–H and O–H groups in total. The number of anilines is 1. The quantitative estimate of drug-likeness (QED) is 0.742. The van der Waals surface area contributed by atoms with Gasteiger partial charge in [0.15, 0.2) is 0 Å². The van der Waals surface area contributed by atoms with Crippen LogP contribution in [0.4, 0.5) is 10.5 Å². The fraction of sp³-hybridized carbons (Fsp3) is 0.182. The Kier molecular flexibility index (Phi) is 4.02. The predicted octanol–water partition coefficient (Wildman–Crippen LogP) is 2.48. The lowest BCUT2D eigenvalue weighted by Gasteiger charge is -2.09. The van der Waals surface area contributed by atoms with Crippen molar-refractivity contribution in [2.24, 2.45) is 0 Å². The van der Waals surface area contributed by atoms with E-state index < -0.39 is 0 Å². The van der Waals surface area contributed by atoms with E-state index in [9.17, 15) is 4.79 Å². The molecule has 0 spiro atoms. The summed E-state index contributed by atoms with van der Waals surface area (Å²) < 4.78 is 0. The van der Waals surface area contributed by atoms with Gasteiger partial charge >= 0.3 is 6.03 Å². The van der Waals surface area contributed by atoms with Gasteiger partial charge in [0.05, 0.1) is 6.04 Å². The third-order valence-electron chi connectivity index (χ3n) is 1.68. The number of urea groups is 1. The largest absolute Gasteiger partial charge is 0.325 e. The molecule has 0 bridgehead atoms. The van der Waals surface area contributed by atoms with Crippen molar-refractivity contribution < 1.29 is 4.79 Å². The van der Waals surface area contributed by atoms with Crippen LogP contribution in [0.5, 0.6) is 0 Å². The van der Waals surface area contributed by atoms with Crippen LogP contribution in [0.3, 0.4) is 0 Å². The van der Waals surface area contributed by atoms with Crippen molar-refractivity contribution >= 4 is 23.3 Å². The number of carbonyl (C=O) groups excluding carboxylic acids is 1. The van der Waals surface area contributed by atoms with E-state index in [-0.39, 0.29) is 12.1 Å². The van der Waals surface area contributed by atoms with Crippen LogP contribution in [-0.4, -0.2) is 12.1 Å². The Hall–Kier alpha value is -1.66. The average Bonchev–Trinajstić information content (AvgIpc) is 2.17. The zero-order valence-corrected chi connectivity index (χ0v) is 9.01. The number of halogens is 1. The van der Waals surface area contributed by atoms with Gasteiger partial charge in [0.1, 0.15) is 0 Å². The van der Waals surface area contributed by atoms with Gasteiger partial charge in [0, 0.05) is 10.7 Å². The second-order valence-electron chi connectivity index (χ2n) is 3.00. The Morgan fingerprint density at radius 2 is 2.33 bits per heavy atom. The van der Waals surface area contributed by atoms with E-state index in [1.54, 1.807) is 31.2 Å². The fourth-order valence-electron chi connectivity index (χ4n) is 0.972. The Balaban J connectivity index is 2.56. The fourth-order valence-corrected chi connectivity index (χ4v) is 1.16. The Labute approximate surface area is 93.8 Å². The number of amides is 2. The first-order valence-corrected chi connectivity index (χ1v) is 4.79. The van der Waals surface area contributed by atoms with E-state index in [0.717, 1.165) is 0 Å². The summed E-state index contributed by atoms with van der Waals surface area (Å²) in [5.41, 5.74) is 0.629. The van der Waals surface area contributed by atoms with Crippen molar-refractivity contribution in [2.75, 3.05) is 5.32 Å². The second-order valence-corrected chi connectivity index (χ2v) is 3.43. The smallest absolute Gasteiger partial charge is 0.320 e. The van der Waals surface area contributed by atoms with Crippen LogP contribution in [0, 0.1) is 12.3 Å². The number of nitrogens with one attached hydrogen (secondary N) is 2. The molecule has 1 rings (SSSR count). The maximum absolute atomic E-state index is 11.3. The van der Waals surface area contributed by atoms with Gasteiger partial charge in [0.2, 0.25) is 0 Å². The van der Waals surface area contributed by atoms with Crippen molar-refractivity contribution in [1.29, 1.82) is 0 Å². The molecule has 78 valence electrons. The van der Waals surface area contributed by atoms with E-state index in [1.165, 1.54) is 0 Å². The summed E-state index contributed by atoms with van der Waals surface area (Å²) in [4.78, 5) is 11.3. The number of hydrogen-bond donors (Lipinski definition) is 2. The number of rotatable bonds is 2. The molecule has 1 atom stereocenters. The first kappa shape index (κ1) is 11.4. The van der Waals surface area contributed by atoms with Crippen LogP contribution < -0.4 is 10.6 Å². The topological polar surface area (TPSA) is 41.1 Å². The molecule has 2 amide bonds. The van der Waals surface area contributed by atoms with Gasteiger partial charge in [0.25, 0.3) is 0 Å². The minimum absolute atomic E-state index is 0.302. The highest BCUT2D eigenvalue weighted by Crippen LogP contribution is 2.14. The number of terminal acetylenes is 1. The van der Waals surface area contributed by atoms with E-state index >= 15 is 0 Å². The van der Waals surface area contributed by atoms with E-state index in [2.05, 4.69) is 16.6 Å². The monoisotopic (exact) mass is 222 g/mol. The Morgan fingerprint density at radius 1 is 1.60 bits per heavy atom. The molecule has 0 aliphatic carbocycles. The molecule has 1 unspecified atom stereocenters. The Morgan fingerprint density at radius 3 is 2.93 bits per heavy atom. The summed E-state index contributed by atoms with van der Waals surface area (Å²) >= 11 is 5.76. The summed E-state index contributed by atoms with van der Waals surface area (Å²) in [6, 6.07) is 6.23. The molecule has 0 fully saturated rings. The van der Waals surface area contributed by atoms with Gasteiger partial charge in [-0.05, 0) is 25.1 Å². The molecule has 0 saturated heterocycles.